The molecule has 1 heterocycles. The van der Waals surface area contributed by atoms with Gasteiger partial charge in [0, 0.05) is 30.7 Å². The highest BCUT2D eigenvalue weighted by atomic mass is 32.2. The van der Waals surface area contributed by atoms with Crippen LogP contribution in [-0.2, 0) is 0 Å². The van der Waals surface area contributed by atoms with Crippen LogP contribution in [0.3, 0.4) is 0 Å². The van der Waals surface area contributed by atoms with Crippen molar-refractivity contribution < 1.29 is 13.2 Å². The van der Waals surface area contributed by atoms with Crippen molar-refractivity contribution >= 4 is 11.8 Å². The zero-order valence-electron chi connectivity index (χ0n) is 8.79. The van der Waals surface area contributed by atoms with Crippen LogP contribution in [0.2, 0.25) is 0 Å². The summed E-state index contributed by atoms with van der Waals surface area (Å²) in [5, 5.41) is 3.01. The average molecular weight is 250 g/mol. The first kappa shape index (κ1) is 13.3. The molecule has 0 spiro atoms. The lowest BCUT2D eigenvalue weighted by Crippen LogP contribution is -2.22. The predicted octanol–water partition coefficient (Wildman–Crippen LogP) is 2.99. The molecule has 0 bridgehead atoms. The molecule has 0 saturated heterocycles. The molecule has 1 aromatic rings. The number of hydrogen-bond donors (Lipinski definition) is 1. The van der Waals surface area contributed by atoms with Crippen molar-refractivity contribution in [2.45, 2.75) is 18.5 Å². The second-order valence-corrected chi connectivity index (χ2v) is 4.42. The summed E-state index contributed by atoms with van der Waals surface area (Å²) >= 11 is -0.00738. The van der Waals surface area contributed by atoms with Gasteiger partial charge in [-0.25, -0.2) is 0 Å². The van der Waals surface area contributed by atoms with Gasteiger partial charge in [0.25, 0.3) is 0 Å². The Morgan fingerprint density at radius 3 is 2.81 bits per heavy atom. The molecular formula is C10H13F3N2S. The smallest absolute Gasteiger partial charge is 0.309 e. The van der Waals surface area contributed by atoms with Crippen LogP contribution in [0.5, 0.6) is 0 Å². The van der Waals surface area contributed by atoms with Crippen molar-refractivity contribution in [2.24, 2.45) is 0 Å². The van der Waals surface area contributed by atoms with Gasteiger partial charge < -0.3 is 5.32 Å². The normalized spacial score (nSPS) is 13.8. The first-order valence-corrected chi connectivity index (χ1v) is 5.81. The van der Waals surface area contributed by atoms with Crippen molar-refractivity contribution in [3.05, 3.63) is 30.1 Å². The molecule has 90 valence electrons. The fraction of sp³-hybridized carbons (Fsp3) is 0.500. The number of halogens is 3. The summed E-state index contributed by atoms with van der Waals surface area (Å²) < 4.78 is 35.5. The van der Waals surface area contributed by atoms with Crippen molar-refractivity contribution in [3.8, 4) is 0 Å². The zero-order chi connectivity index (χ0) is 12.0. The number of aromatic nitrogens is 1. The van der Waals surface area contributed by atoms with E-state index in [1.165, 1.54) is 0 Å². The molecule has 1 unspecified atom stereocenters. The first-order valence-electron chi connectivity index (χ1n) is 4.83. The topological polar surface area (TPSA) is 24.9 Å². The van der Waals surface area contributed by atoms with Crippen LogP contribution < -0.4 is 5.32 Å². The molecule has 0 aliphatic rings. The Hall–Kier alpha value is -0.750. The Bertz CT molecular complexity index is 303. The van der Waals surface area contributed by atoms with Gasteiger partial charge in [-0.2, -0.15) is 13.2 Å². The molecule has 1 N–H and O–H groups in total. The highest BCUT2D eigenvalue weighted by molar-refractivity contribution is 8.00. The third-order valence-corrected chi connectivity index (χ3v) is 2.74. The number of alkyl halides is 3. The summed E-state index contributed by atoms with van der Waals surface area (Å²) in [7, 11) is 0. The first-order chi connectivity index (χ1) is 7.49. The van der Waals surface area contributed by atoms with E-state index >= 15 is 0 Å². The van der Waals surface area contributed by atoms with Gasteiger partial charge in [-0.3, -0.25) is 4.98 Å². The van der Waals surface area contributed by atoms with Gasteiger partial charge >= 0.3 is 5.51 Å². The average Bonchev–Trinajstić information content (AvgIpc) is 2.24. The van der Waals surface area contributed by atoms with Crippen molar-refractivity contribution in [3.63, 3.8) is 0 Å². The SMILES string of the molecule is CC(NCCSC(F)(F)F)c1cccnc1. The van der Waals surface area contributed by atoms with E-state index in [0.717, 1.165) is 5.56 Å². The molecule has 2 nitrogen and oxygen atoms in total. The molecule has 0 saturated carbocycles. The summed E-state index contributed by atoms with van der Waals surface area (Å²) in [6.07, 6.45) is 3.37. The lowest BCUT2D eigenvalue weighted by atomic mass is 10.1. The Morgan fingerprint density at radius 2 is 2.25 bits per heavy atom. The van der Waals surface area contributed by atoms with Crippen LogP contribution >= 0.6 is 11.8 Å². The molecule has 0 aliphatic carbocycles. The molecule has 6 heteroatoms. The van der Waals surface area contributed by atoms with E-state index in [-0.39, 0.29) is 23.6 Å². The third-order valence-electron chi connectivity index (χ3n) is 2.00. The second kappa shape index (κ2) is 6.10. The number of rotatable bonds is 5. The molecule has 0 aromatic carbocycles. The Labute approximate surface area is 96.6 Å². The largest absolute Gasteiger partial charge is 0.441 e. The minimum atomic E-state index is -4.14. The number of nitrogens with one attached hydrogen (secondary N) is 1. The van der Waals surface area contributed by atoms with E-state index in [1.54, 1.807) is 18.5 Å². The highest BCUT2D eigenvalue weighted by Gasteiger charge is 2.27. The molecule has 0 radical (unpaired) electrons. The third kappa shape index (κ3) is 5.37. The number of thioether (sulfide) groups is 1. The number of pyridine rings is 1. The minimum Gasteiger partial charge on any atom is -0.309 e. The van der Waals surface area contributed by atoms with Crippen LogP contribution in [0.15, 0.2) is 24.5 Å². The molecule has 1 rings (SSSR count). The monoisotopic (exact) mass is 250 g/mol. The molecule has 0 fully saturated rings. The lowest BCUT2D eigenvalue weighted by molar-refractivity contribution is -0.0327. The lowest BCUT2D eigenvalue weighted by Gasteiger charge is -2.13. The van der Waals surface area contributed by atoms with Crippen molar-refractivity contribution in [2.75, 3.05) is 12.3 Å². The van der Waals surface area contributed by atoms with E-state index < -0.39 is 5.51 Å². The molecule has 1 atom stereocenters. The van der Waals surface area contributed by atoms with Crippen molar-refractivity contribution in [1.82, 2.24) is 10.3 Å². The van der Waals surface area contributed by atoms with Gasteiger partial charge in [0.2, 0.25) is 0 Å². The molecular weight excluding hydrogens is 237 g/mol. The summed E-state index contributed by atoms with van der Waals surface area (Å²) in [5.41, 5.74) is -3.17. The number of nitrogens with zero attached hydrogens (tertiary/aromatic N) is 1. The van der Waals surface area contributed by atoms with Crippen LogP contribution in [0.1, 0.15) is 18.5 Å². The van der Waals surface area contributed by atoms with Gasteiger partial charge in [0.15, 0.2) is 0 Å². The highest BCUT2D eigenvalue weighted by Crippen LogP contribution is 2.29. The van der Waals surface area contributed by atoms with E-state index in [1.807, 2.05) is 13.0 Å². The summed E-state index contributed by atoms with van der Waals surface area (Å²) in [6, 6.07) is 3.71. The zero-order valence-corrected chi connectivity index (χ0v) is 9.61. The maximum Gasteiger partial charge on any atom is 0.441 e. The van der Waals surface area contributed by atoms with Gasteiger partial charge in [-0.15, -0.1) is 0 Å². The van der Waals surface area contributed by atoms with Gasteiger partial charge in [-0.05, 0) is 30.3 Å². The van der Waals surface area contributed by atoms with Crippen molar-refractivity contribution in [1.29, 1.82) is 0 Å². The fourth-order valence-electron chi connectivity index (χ4n) is 1.19. The molecule has 1 aromatic heterocycles. The van der Waals surface area contributed by atoms with Gasteiger partial charge in [0.1, 0.15) is 0 Å². The number of hydrogen-bond acceptors (Lipinski definition) is 3. The van der Waals surface area contributed by atoms with E-state index in [2.05, 4.69) is 10.3 Å². The second-order valence-electron chi connectivity index (χ2n) is 3.26. The van der Waals surface area contributed by atoms with Crippen LogP contribution in [0.25, 0.3) is 0 Å². The maximum absolute atomic E-state index is 11.8. The van der Waals surface area contributed by atoms with Crippen LogP contribution in [0, 0.1) is 0 Å². The van der Waals surface area contributed by atoms with Crippen LogP contribution in [0.4, 0.5) is 13.2 Å². The molecule has 0 amide bonds. The maximum atomic E-state index is 11.8. The van der Waals surface area contributed by atoms with Crippen LogP contribution in [-0.4, -0.2) is 22.8 Å². The van der Waals surface area contributed by atoms with E-state index in [9.17, 15) is 13.2 Å². The van der Waals surface area contributed by atoms with Gasteiger partial charge in [-0.1, -0.05) is 6.07 Å². The fourth-order valence-corrected chi connectivity index (χ4v) is 1.64. The van der Waals surface area contributed by atoms with E-state index in [0.29, 0.717) is 6.54 Å². The quantitative estimate of drug-likeness (QED) is 0.813. The Balaban J connectivity index is 2.24. The van der Waals surface area contributed by atoms with Gasteiger partial charge in [0.05, 0.1) is 0 Å². The summed E-state index contributed by atoms with van der Waals surface area (Å²) in [6.45, 7) is 2.22. The van der Waals surface area contributed by atoms with E-state index in [4.69, 9.17) is 0 Å². The Morgan fingerprint density at radius 1 is 1.50 bits per heavy atom. The standard InChI is InChI=1S/C10H13F3N2S/c1-8(9-3-2-4-14-7-9)15-5-6-16-10(11,12)13/h2-4,7-8,15H,5-6H2,1H3. The minimum absolute atomic E-state index is 0.00738. The predicted molar refractivity (Wildman–Crippen MR) is 59.2 cm³/mol. The summed E-state index contributed by atoms with van der Waals surface area (Å²) in [5.74, 6) is 0.0219. The Kier molecular flexibility index (Phi) is 5.08. The summed E-state index contributed by atoms with van der Waals surface area (Å²) in [4.78, 5) is 3.95. The molecule has 0 aliphatic heterocycles. The molecule has 16 heavy (non-hydrogen) atoms.